The number of Topliss-reactive ketones (excluding diaryl/α,β-unsaturated/α-hetero) is 1. The molecule has 0 unspecified atom stereocenters. The SMILES string of the molecule is O=C(COC(=O)c1ccc(N2C(=O)[C@@H]3[C@@H]4C[C@H]([C@H](Br)[C@@H]4Br)[C@@H]3C2=O)cc1)c1ccc(Br)cc1. The summed E-state index contributed by atoms with van der Waals surface area (Å²) in [6, 6.07) is 12.9. The van der Waals surface area contributed by atoms with Gasteiger partial charge in [-0.1, -0.05) is 59.9 Å². The molecule has 2 aromatic carbocycles. The minimum atomic E-state index is -0.648. The summed E-state index contributed by atoms with van der Waals surface area (Å²) in [6.45, 7) is -0.376. The highest BCUT2D eigenvalue weighted by Gasteiger charge is 2.66. The molecule has 1 aliphatic heterocycles. The second-order valence-electron chi connectivity index (χ2n) is 8.57. The maximum Gasteiger partial charge on any atom is 0.338 e. The lowest BCUT2D eigenvalue weighted by Crippen LogP contribution is -2.37. The largest absolute Gasteiger partial charge is 0.454 e. The molecule has 1 saturated heterocycles. The maximum atomic E-state index is 13.1. The Balaban J connectivity index is 1.26. The van der Waals surface area contributed by atoms with Crippen molar-refractivity contribution in [2.24, 2.45) is 23.7 Å². The number of fused-ring (bicyclic) bond motifs is 5. The summed E-state index contributed by atoms with van der Waals surface area (Å²) in [7, 11) is 0. The Morgan fingerprint density at radius 3 is 1.91 bits per heavy atom. The number of ketones is 1. The molecular weight excluding hydrogens is 622 g/mol. The number of anilines is 1. The van der Waals surface area contributed by atoms with Gasteiger partial charge in [-0.3, -0.25) is 19.3 Å². The molecule has 2 bridgehead atoms. The Morgan fingerprint density at radius 1 is 0.848 bits per heavy atom. The molecule has 170 valence electrons. The van der Waals surface area contributed by atoms with Gasteiger partial charge in [0.05, 0.1) is 23.1 Å². The number of esters is 1. The number of nitrogens with zero attached hydrogens (tertiary/aromatic N) is 1. The second kappa shape index (κ2) is 8.74. The summed E-state index contributed by atoms with van der Waals surface area (Å²) in [6.07, 6.45) is 0.871. The van der Waals surface area contributed by atoms with Crippen LogP contribution in [0.4, 0.5) is 5.69 Å². The maximum absolute atomic E-state index is 13.1. The molecule has 0 spiro atoms. The third-order valence-electron chi connectivity index (χ3n) is 6.85. The third kappa shape index (κ3) is 3.82. The van der Waals surface area contributed by atoms with Crippen molar-refractivity contribution in [3.63, 3.8) is 0 Å². The smallest absolute Gasteiger partial charge is 0.338 e. The average Bonchev–Trinajstić information content (AvgIpc) is 3.42. The van der Waals surface area contributed by atoms with Crippen LogP contribution < -0.4 is 4.90 Å². The normalized spacial score (nSPS) is 30.0. The van der Waals surface area contributed by atoms with Gasteiger partial charge in [0.2, 0.25) is 11.8 Å². The number of carbonyl (C=O) groups excluding carboxylic acids is 4. The van der Waals surface area contributed by atoms with Gasteiger partial charge in [0, 0.05) is 19.7 Å². The Hall–Kier alpha value is -1.84. The van der Waals surface area contributed by atoms with Gasteiger partial charge in [-0.05, 0) is 54.7 Å². The molecule has 2 aliphatic carbocycles. The van der Waals surface area contributed by atoms with Crippen molar-refractivity contribution in [2.45, 2.75) is 16.1 Å². The zero-order valence-corrected chi connectivity index (χ0v) is 21.9. The predicted octanol–water partition coefficient (Wildman–Crippen LogP) is 4.77. The number of benzene rings is 2. The lowest BCUT2D eigenvalue weighted by Gasteiger charge is -2.28. The molecule has 33 heavy (non-hydrogen) atoms. The molecule has 2 amide bonds. The van der Waals surface area contributed by atoms with E-state index in [1.165, 1.54) is 17.0 Å². The molecule has 5 rings (SSSR count). The van der Waals surface area contributed by atoms with E-state index in [4.69, 9.17) is 4.74 Å². The Labute approximate surface area is 215 Å². The van der Waals surface area contributed by atoms with Crippen molar-refractivity contribution in [1.29, 1.82) is 0 Å². The zero-order chi connectivity index (χ0) is 23.4. The summed E-state index contributed by atoms with van der Waals surface area (Å²) < 4.78 is 5.99. The molecule has 0 radical (unpaired) electrons. The quantitative estimate of drug-likeness (QED) is 0.204. The first-order valence-corrected chi connectivity index (χ1v) is 13.1. The van der Waals surface area contributed by atoms with Gasteiger partial charge >= 0.3 is 5.97 Å². The summed E-state index contributed by atoms with van der Waals surface area (Å²) in [5.74, 6) is -1.60. The van der Waals surface area contributed by atoms with Crippen molar-refractivity contribution >= 4 is 77.0 Å². The van der Waals surface area contributed by atoms with Gasteiger partial charge < -0.3 is 4.74 Å². The number of ether oxygens (including phenoxy) is 1. The summed E-state index contributed by atoms with van der Waals surface area (Å²) >= 11 is 10.7. The monoisotopic (exact) mass is 637 g/mol. The molecule has 1 heterocycles. The standard InChI is InChI=1S/C24H18Br3NO5/c25-13-5-1-11(2-6-13)17(29)10-33-24(32)12-3-7-14(8-4-12)28-22(30)18-15-9-16(19(18)23(28)31)21(27)20(15)26/h1-8,15-16,18-21H,9-10H2/t15-,16-,18-,19+,20-,21+/m0/s1. The first-order chi connectivity index (χ1) is 15.8. The number of imide groups is 1. The van der Waals surface area contributed by atoms with Crippen LogP contribution in [0.3, 0.4) is 0 Å². The van der Waals surface area contributed by atoms with Crippen molar-refractivity contribution in [3.8, 4) is 0 Å². The molecule has 2 aromatic rings. The highest BCUT2D eigenvalue weighted by molar-refractivity contribution is 9.12. The number of alkyl halides is 2. The van der Waals surface area contributed by atoms with Crippen LogP contribution in [0.1, 0.15) is 27.1 Å². The van der Waals surface area contributed by atoms with Crippen LogP contribution in [0.15, 0.2) is 53.0 Å². The minimum Gasteiger partial charge on any atom is -0.454 e. The molecule has 9 heteroatoms. The van der Waals surface area contributed by atoms with E-state index in [0.29, 0.717) is 11.3 Å². The first kappa shape index (κ1) is 22.9. The van der Waals surface area contributed by atoms with E-state index in [2.05, 4.69) is 47.8 Å². The van der Waals surface area contributed by atoms with Crippen molar-refractivity contribution in [3.05, 3.63) is 64.1 Å². The molecular formula is C24H18Br3NO5. The van der Waals surface area contributed by atoms with Gasteiger partial charge in [-0.25, -0.2) is 4.79 Å². The molecule has 0 N–H and O–H groups in total. The van der Waals surface area contributed by atoms with Gasteiger partial charge in [0.15, 0.2) is 12.4 Å². The van der Waals surface area contributed by atoms with Crippen LogP contribution in [-0.4, -0.2) is 39.8 Å². The molecule has 6 nitrogen and oxygen atoms in total. The van der Waals surface area contributed by atoms with E-state index in [1.54, 1.807) is 36.4 Å². The Morgan fingerprint density at radius 2 is 1.36 bits per heavy atom. The van der Waals surface area contributed by atoms with Crippen LogP contribution in [0.25, 0.3) is 0 Å². The summed E-state index contributed by atoms with van der Waals surface area (Å²) in [5, 5.41) is 0. The highest BCUT2D eigenvalue weighted by Crippen LogP contribution is 2.60. The van der Waals surface area contributed by atoms with E-state index in [-0.39, 0.29) is 63.1 Å². The van der Waals surface area contributed by atoms with Crippen molar-refractivity contribution in [2.75, 3.05) is 11.5 Å². The zero-order valence-electron chi connectivity index (χ0n) is 17.1. The van der Waals surface area contributed by atoms with E-state index in [0.717, 1.165) is 10.9 Å². The Kier molecular flexibility index (Phi) is 6.07. The number of hydrogen-bond donors (Lipinski definition) is 0. The number of amides is 2. The first-order valence-electron chi connectivity index (χ1n) is 10.5. The van der Waals surface area contributed by atoms with Gasteiger partial charge in [0.1, 0.15) is 0 Å². The van der Waals surface area contributed by atoms with Gasteiger partial charge in [-0.2, -0.15) is 0 Å². The molecule has 6 atom stereocenters. The van der Waals surface area contributed by atoms with E-state index < -0.39 is 5.97 Å². The second-order valence-corrected chi connectivity index (χ2v) is 11.6. The van der Waals surface area contributed by atoms with E-state index in [9.17, 15) is 19.2 Å². The lowest BCUT2D eigenvalue weighted by atomic mass is 9.81. The molecule has 2 saturated carbocycles. The third-order valence-corrected chi connectivity index (χ3v) is 10.6. The fourth-order valence-electron chi connectivity index (χ4n) is 5.28. The van der Waals surface area contributed by atoms with Crippen molar-refractivity contribution < 1.29 is 23.9 Å². The van der Waals surface area contributed by atoms with Crippen LogP contribution in [-0.2, 0) is 14.3 Å². The summed E-state index contributed by atoms with van der Waals surface area (Å²) in [4.78, 5) is 52.5. The number of carbonyl (C=O) groups is 4. The minimum absolute atomic E-state index is 0.142. The summed E-state index contributed by atoms with van der Waals surface area (Å²) in [5.41, 5.74) is 1.13. The van der Waals surface area contributed by atoms with E-state index in [1.807, 2.05) is 0 Å². The fraction of sp³-hybridized carbons (Fsp3) is 0.333. The van der Waals surface area contributed by atoms with Crippen LogP contribution in [0.5, 0.6) is 0 Å². The average molecular weight is 640 g/mol. The van der Waals surface area contributed by atoms with Crippen LogP contribution >= 0.6 is 47.8 Å². The van der Waals surface area contributed by atoms with Gasteiger partial charge in [-0.15, -0.1) is 0 Å². The molecule has 3 aliphatic rings. The predicted molar refractivity (Wildman–Crippen MR) is 132 cm³/mol. The van der Waals surface area contributed by atoms with Gasteiger partial charge in [0.25, 0.3) is 0 Å². The molecule has 0 aromatic heterocycles. The van der Waals surface area contributed by atoms with E-state index >= 15 is 0 Å². The number of halogens is 3. The topological polar surface area (TPSA) is 80.8 Å². The van der Waals surface area contributed by atoms with Crippen molar-refractivity contribution in [1.82, 2.24) is 0 Å². The molecule has 3 fully saturated rings. The highest BCUT2D eigenvalue weighted by atomic mass is 79.9. The lowest BCUT2D eigenvalue weighted by molar-refractivity contribution is -0.123. The van der Waals surface area contributed by atoms with Crippen LogP contribution in [0, 0.1) is 23.7 Å². The number of hydrogen-bond acceptors (Lipinski definition) is 5. The fourth-order valence-corrected chi connectivity index (χ4v) is 7.42. The number of rotatable bonds is 5. The van der Waals surface area contributed by atoms with Crippen LogP contribution in [0.2, 0.25) is 0 Å². The Bertz CT molecular complexity index is 1120.